The molecule has 3 aromatic rings. The van der Waals surface area contributed by atoms with Crippen molar-refractivity contribution >= 4 is 31.0 Å². The van der Waals surface area contributed by atoms with Crippen LogP contribution in [0.25, 0.3) is 17.0 Å². The van der Waals surface area contributed by atoms with Gasteiger partial charge in [0.15, 0.2) is 5.65 Å². The molecule has 0 spiro atoms. The van der Waals surface area contributed by atoms with E-state index in [0.29, 0.717) is 28.8 Å². The molecule has 0 aromatic carbocycles. The number of nitrogens with zero attached hydrogens (tertiary/aromatic N) is 6. The molecule has 1 aliphatic rings. The smallest absolute Gasteiger partial charge is 0.282 e. The summed E-state index contributed by atoms with van der Waals surface area (Å²) < 4.78 is 47.5. The molecule has 12 heteroatoms. The van der Waals surface area contributed by atoms with E-state index in [2.05, 4.69) is 31.9 Å². The Labute approximate surface area is 182 Å². The lowest BCUT2D eigenvalue weighted by Gasteiger charge is -2.42. The van der Waals surface area contributed by atoms with Gasteiger partial charge in [0.25, 0.3) is 6.43 Å². The number of halogens is 2. The number of imidazole rings is 1. The number of anilines is 1. The van der Waals surface area contributed by atoms with E-state index in [4.69, 9.17) is 4.78 Å². The van der Waals surface area contributed by atoms with Gasteiger partial charge in [-0.3, -0.25) is 0 Å². The van der Waals surface area contributed by atoms with E-state index in [0.717, 1.165) is 13.0 Å². The lowest BCUT2D eigenvalue weighted by molar-refractivity contribution is 0.144. The first kappa shape index (κ1) is 21.9. The average Bonchev–Trinajstić information content (AvgIpc) is 3.12. The number of alkyl halides is 2. The molecule has 1 saturated heterocycles. The number of rotatable bonds is 5. The van der Waals surface area contributed by atoms with Crippen LogP contribution >= 0.6 is 10.8 Å². The van der Waals surface area contributed by atoms with Crippen molar-refractivity contribution in [2.45, 2.75) is 38.0 Å². The van der Waals surface area contributed by atoms with Crippen LogP contribution in [0.15, 0.2) is 30.7 Å². The lowest BCUT2D eigenvalue weighted by Crippen LogP contribution is -2.49. The molecule has 4 atom stereocenters. The zero-order valence-corrected chi connectivity index (χ0v) is 18.9. The second-order valence-electron chi connectivity index (χ2n) is 7.87. The maximum absolute atomic E-state index is 13.1. The molecule has 31 heavy (non-hydrogen) atoms. The van der Waals surface area contributed by atoms with E-state index in [1.165, 1.54) is 40.0 Å². The van der Waals surface area contributed by atoms with Gasteiger partial charge in [0.05, 0.1) is 20.7 Å². The summed E-state index contributed by atoms with van der Waals surface area (Å²) in [6.07, 6.45) is 2.62. The van der Waals surface area contributed by atoms with Crippen molar-refractivity contribution in [2.24, 2.45) is 5.92 Å². The van der Waals surface area contributed by atoms with Crippen LogP contribution in [0.3, 0.4) is 0 Å². The topological polar surface area (TPSA) is 100 Å². The van der Waals surface area contributed by atoms with Gasteiger partial charge in [-0.1, -0.05) is 6.92 Å². The van der Waals surface area contributed by atoms with Crippen molar-refractivity contribution in [1.82, 2.24) is 24.6 Å². The Morgan fingerprint density at radius 1 is 1.26 bits per heavy atom. The third-order valence-electron chi connectivity index (χ3n) is 5.30. The van der Waals surface area contributed by atoms with Gasteiger partial charge >= 0.3 is 0 Å². The third kappa shape index (κ3) is 4.64. The molecule has 1 N–H and O–H groups in total. The number of nitrogens with one attached hydrogen (secondary N) is 1. The fourth-order valence-electron chi connectivity index (χ4n) is 3.85. The van der Waals surface area contributed by atoms with Gasteiger partial charge in [-0.05, 0) is 42.2 Å². The molecule has 8 nitrogen and oxygen atoms in total. The van der Waals surface area contributed by atoms with Crippen LogP contribution in [0.5, 0.6) is 0 Å². The minimum atomic E-state index is -2.69. The first-order valence-corrected chi connectivity index (χ1v) is 13.1. The number of fused-ring (bicyclic) bond motifs is 1. The molecule has 0 saturated carbocycles. The molecule has 166 valence electrons. The minimum absolute atomic E-state index is 0.0146. The molecule has 0 bridgehead atoms. The van der Waals surface area contributed by atoms with E-state index in [1.807, 2.05) is 6.92 Å². The van der Waals surface area contributed by atoms with Crippen molar-refractivity contribution in [3.63, 3.8) is 0 Å². The van der Waals surface area contributed by atoms with Crippen LogP contribution in [-0.2, 0) is 8.76 Å². The molecular formula is C19H23F2N7OS2. The lowest BCUT2D eigenvalue weighted by atomic mass is 9.94. The summed E-state index contributed by atoms with van der Waals surface area (Å²) in [6.45, 7) is 4.93. The predicted octanol–water partition coefficient (Wildman–Crippen LogP) is 4.05. The van der Waals surface area contributed by atoms with Gasteiger partial charge in [0.1, 0.15) is 23.5 Å². The van der Waals surface area contributed by atoms with Crippen LogP contribution in [0.2, 0.25) is 0 Å². The summed E-state index contributed by atoms with van der Waals surface area (Å²) >= 11 is 0. The molecule has 0 radical (unpaired) electrons. The maximum Gasteiger partial charge on any atom is 0.282 e. The largest absolute Gasteiger partial charge is 0.352 e. The van der Waals surface area contributed by atoms with E-state index in [1.54, 1.807) is 12.3 Å². The Bertz CT molecular complexity index is 1200. The van der Waals surface area contributed by atoms with Gasteiger partial charge in [-0.25, -0.2) is 37.2 Å². The van der Waals surface area contributed by atoms with Crippen LogP contribution in [-0.4, -0.2) is 52.9 Å². The highest BCUT2D eigenvalue weighted by atomic mass is 33.1. The van der Waals surface area contributed by atoms with Gasteiger partial charge in [0.2, 0.25) is 0 Å². The van der Waals surface area contributed by atoms with E-state index >= 15 is 0 Å². The maximum atomic E-state index is 13.1. The number of hydrogen-bond acceptors (Lipinski definition) is 8. The van der Waals surface area contributed by atoms with Crippen molar-refractivity contribution < 1.29 is 13.0 Å². The number of piperidine rings is 1. The van der Waals surface area contributed by atoms with Crippen molar-refractivity contribution in [2.75, 3.05) is 17.7 Å². The van der Waals surface area contributed by atoms with Crippen LogP contribution < -0.4 is 4.90 Å². The highest BCUT2D eigenvalue weighted by Crippen LogP contribution is 2.36. The molecule has 4 rings (SSSR count). The molecule has 1 aliphatic heterocycles. The van der Waals surface area contributed by atoms with Gasteiger partial charge in [-0.2, -0.15) is 5.10 Å². The summed E-state index contributed by atoms with van der Waals surface area (Å²) in [5.41, 5.74) is 1.13. The third-order valence-corrected chi connectivity index (χ3v) is 8.34. The molecule has 0 amide bonds. The van der Waals surface area contributed by atoms with Crippen LogP contribution in [0, 0.1) is 10.7 Å². The monoisotopic (exact) mass is 467 g/mol. The Morgan fingerprint density at radius 3 is 2.74 bits per heavy atom. The van der Waals surface area contributed by atoms with Gasteiger partial charge < -0.3 is 4.90 Å². The molecule has 4 heterocycles. The fourth-order valence-corrected chi connectivity index (χ4v) is 7.17. The summed E-state index contributed by atoms with van der Waals surface area (Å²) in [7, 11) is -1.48. The van der Waals surface area contributed by atoms with Crippen LogP contribution in [0.4, 0.5) is 14.6 Å². The first-order chi connectivity index (χ1) is 14.6. The zero-order chi connectivity index (χ0) is 22.3. The Hall–Kier alpha value is -2.34. The highest BCUT2D eigenvalue weighted by molar-refractivity contribution is 8.72. The van der Waals surface area contributed by atoms with E-state index in [-0.39, 0.29) is 17.0 Å². The minimum Gasteiger partial charge on any atom is -0.352 e. The molecule has 1 fully saturated rings. The highest BCUT2D eigenvalue weighted by Gasteiger charge is 2.34. The fraction of sp³-hybridized carbons (Fsp3) is 0.474. The molecule has 1 unspecified atom stereocenters. The summed E-state index contributed by atoms with van der Waals surface area (Å²) in [5, 5.41) is 4.04. The molecule has 3 aromatic heterocycles. The summed E-state index contributed by atoms with van der Waals surface area (Å²) in [4.78, 5) is 15.1. The Morgan fingerprint density at radius 2 is 2.03 bits per heavy atom. The SMILES string of the molecule is C[C@@H]1C[C@H](SS(C)(=N)=O)[C@H](C)N(c2cc(-c3cnc4ccc(C(F)F)nn34)ncn2)C1. The Balaban J connectivity index is 1.70. The average molecular weight is 468 g/mol. The quantitative estimate of drug-likeness (QED) is 0.565. The van der Waals surface area contributed by atoms with Gasteiger partial charge in [-0.15, -0.1) is 0 Å². The van der Waals surface area contributed by atoms with E-state index in [9.17, 15) is 13.0 Å². The Kier molecular flexibility index (Phi) is 5.86. The summed E-state index contributed by atoms with van der Waals surface area (Å²) in [6, 6.07) is 4.56. The van der Waals surface area contributed by atoms with Crippen molar-refractivity contribution in [3.8, 4) is 11.4 Å². The van der Waals surface area contributed by atoms with Crippen molar-refractivity contribution in [1.29, 1.82) is 4.78 Å². The second kappa shape index (κ2) is 8.30. The second-order valence-corrected chi connectivity index (χ2v) is 12.7. The van der Waals surface area contributed by atoms with Crippen molar-refractivity contribution in [3.05, 3.63) is 36.4 Å². The first-order valence-electron chi connectivity index (χ1n) is 9.76. The predicted molar refractivity (Wildman–Crippen MR) is 118 cm³/mol. The van der Waals surface area contributed by atoms with Gasteiger partial charge in [0, 0.05) is 30.2 Å². The zero-order valence-electron chi connectivity index (χ0n) is 17.3. The molecule has 0 aliphatic carbocycles. The normalized spacial score (nSPS) is 23.9. The van der Waals surface area contributed by atoms with Crippen LogP contribution in [0.1, 0.15) is 32.4 Å². The van der Waals surface area contributed by atoms with E-state index < -0.39 is 15.2 Å². The summed E-state index contributed by atoms with van der Waals surface area (Å²) in [5.74, 6) is 1.02. The standard InChI is InChI=1S/C19H23F2N7OS2/c1-11-6-16(30-31(3,22)29)12(2)27(9-11)18-7-14(24-10-25-18)15-8-23-17-5-4-13(19(20)21)26-28(15)17/h4-5,7-8,10-12,16,19,22H,6,9H2,1-3H3/t11-,12+,16+,31?/m1/s1. The number of hydrogen-bond donors (Lipinski definition) is 1. The number of aromatic nitrogens is 5. The molecular weight excluding hydrogens is 444 g/mol.